The summed E-state index contributed by atoms with van der Waals surface area (Å²) in [6.45, 7) is 8.11. The number of nitrogens with one attached hydrogen (secondary N) is 1. The van der Waals surface area contributed by atoms with Crippen LogP contribution in [0, 0.1) is 5.41 Å². The maximum absolute atomic E-state index is 5.48. The molecule has 3 aromatic rings. The monoisotopic (exact) mass is 434 g/mol. The van der Waals surface area contributed by atoms with Crippen molar-refractivity contribution in [1.29, 1.82) is 0 Å². The van der Waals surface area contributed by atoms with Crippen molar-refractivity contribution in [3.8, 4) is 11.3 Å². The Hall–Kier alpha value is -2.44. The fourth-order valence-electron chi connectivity index (χ4n) is 4.14. The number of fused-ring (bicyclic) bond motifs is 1. The summed E-state index contributed by atoms with van der Waals surface area (Å²) in [5.74, 6) is 1.17. The lowest BCUT2D eigenvalue weighted by Crippen LogP contribution is -2.36. The van der Waals surface area contributed by atoms with E-state index in [1.807, 2.05) is 18.0 Å². The second-order valence-electron chi connectivity index (χ2n) is 8.79. The molecule has 2 aliphatic rings. The number of thioether (sulfide) groups is 1. The standard InChI is InChI=1S/C25H30N4OS/c1-3-25(2)9-7-24(31-18-25)27-20-6-4-5-19(15-20)22-17-26-23-16-21(8-10-29(22)23)28-11-13-30-14-12-28/h4-8,10,15-17,27H,3,9,11-14,18H2,1-2H3. The van der Waals surface area contributed by atoms with Gasteiger partial charge >= 0.3 is 0 Å². The SMILES string of the molecule is CCC1(C)CC=C(Nc2cccc(-c3cnc4cc(N5CCOCC5)ccn34)c2)SC1. The van der Waals surface area contributed by atoms with Crippen LogP contribution in [0.3, 0.4) is 0 Å². The van der Waals surface area contributed by atoms with E-state index in [1.54, 1.807) is 0 Å². The van der Waals surface area contributed by atoms with Crippen LogP contribution < -0.4 is 10.2 Å². The molecule has 5 rings (SSSR count). The normalized spacial score (nSPS) is 21.9. The number of allylic oxidation sites excluding steroid dienone is 1. The van der Waals surface area contributed by atoms with E-state index in [-0.39, 0.29) is 0 Å². The molecular formula is C25H30N4OS. The van der Waals surface area contributed by atoms with Crippen LogP contribution in [-0.2, 0) is 4.74 Å². The zero-order valence-corrected chi connectivity index (χ0v) is 19.1. The van der Waals surface area contributed by atoms with Gasteiger partial charge in [-0.15, -0.1) is 11.8 Å². The lowest BCUT2D eigenvalue weighted by molar-refractivity contribution is 0.122. The smallest absolute Gasteiger partial charge is 0.139 e. The van der Waals surface area contributed by atoms with Gasteiger partial charge in [0.15, 0.2) is 0 Å². The Kier molecular flexibility index (Phi) is 5.67. The molecule has 1 aromatic carbocycles. The molecule has 2 aromatic heterocycles. The lowest BCUT2D eigenvalue weighted by atomic mass is 9.86. The third kappa shape index (κ3) is 4.32. The van der Waals surface area contributed by atoms with Crippen molar-refractivity contribution in [2.24, 2.45) is 5.41 Å². The van der Waals surface area contributed by atoms with Gasteiger partial charge in [-0.05, 0) is 36.5 Å². The highest BCUT2D eigenvalue weighted by atomic mass is 32.2. The first-order valence-electron chi connectivity index (χ1n) is 11.1. The summed E-state index contributed by atoms with van der Waals surface area (Å²) in [4.78, 5) is 7.05. The Labute approximate surface area is 188 Å². The highest BCUT2D eigenvalue weighted by Gasteiger charge is 2.25. The molecule has 1 atom stereocenters. The lowest BCUT2D eigenvalue weighted by Gasteiger charge is -2.31. The van der Waals surface area contributed by atoms with Crippen molar-refractivity contribution in [2.75, 3.05) is 42.3 Å². The number of pyridine rings is 1. The quantitative estimate of drug-likeness (QED) is 0.562. The van der Waals surface area contributed by atoms with Gasteiger partial charge in [0.1, 0.15) is 5.65 Å². The third-order valence-electron chi connectivity index (χ3n) is 6.51. The molecule has 2 aliphatic heterocycles. The minimum Gasteiger partial charge on any atom is -0.378 e. The van der Waals surface area contributed by atoms with E-state index < -0.39 is 0 Å². The van der Waals surface area contributed by atoms with Gasteiger partial charge in [0.05, 0.1) is 30.1 Å². The van der Waals surface area contributed by atoms with E-state index >= 15 is 0 Å². The number of benzene rings is 1. The van der Waals surface area contributed by atoms with Gasteiger partial charge < -0.3 is 15.0 Å². The van der Waals surface area contributed by atoms with Crippen LogP contribution in [0.25, 0.3) is 16.9 Å². The Morgan fingerprint density at radius 2 is 2.06 bits per heavy atom. The Balaban J connectivity index is 1.37. The highest BCUT2D eigenvalue weighted by molar-refractivity contribution is 8.03. The van der Waals surface area contributed by atoms with E-state index in [0.29, 0.717) is 5.41 Å². The first-order chi connectivity index (χ1) is 15.1. The van der Waals surface area contributed by atoms with Gasteiger partial charge in [-0.25, -0.2) is 4.98 Å². The number of rotatable bonds is 5. The van der Waals surface area contributed by atoms with E-state index in [1.165, 1.54) is 22.9 Å². The minimum absolute atomic E-state index is 0.425. The summed E-state index contributed by atoms with van der Waals surface area (Å²) in [6.07, 6.45) is 8.82. The van der Waals surface area contributed by atoms with Crippen molar-refractivity contribution < 1.29 is 4.74 Å². The number of nitrogens with zero attached hydrogens (tertiary/aromatic N) is 3. The zero-order valence-electron chi connectivity index (χ0n) is 18.3. The maximum Gasteiger partial charge on any atom is 0.139 e. The molecule has 1 N–H and O–H groups in total. The molecule has 162 valence electrons. The van der Waals surface area contributed by atoms with Gasteiger partial charge in [-0.3, -0.25) is 4.40 Å². The molecule has 1 fully saturated rings. The van der Waals surface area contributed by atoms with E-state index in [2.05, 4.69) is 77.1 Å². The van der Waals surface area contributed by atoms with Gasteiger partial charge in [0, 0.05) is 48.0 Å². The number of anilines is 2. The number of imidazole rings is 1. The van der Waals surface area contributed by atoms with E-state index in [4.69, 9.17) is 9.72 Å². The van der Waals surface area contributed by atoms with Crippen molar-refractivity contribution in [3.63, 3.8) is 0 Å². The van der Waals surface area contributed by atoms with Crippen LogP contribution in [0.2, 0.25) is 0 Å². The molecule has 0 bridgehead atoms. The number of ether oxygens (including phenoxy) is 1. The predicted molar refractivity (Wildman–Crippen MR) is 131 cm³/mol. The first-order valence-corrected chi connectivity index (χ1v) is 12.1. The van der Waals surface area contributed by atoms with Crippen LogP contribution in [-0.4, -0.2) is 41.4 Å². The third-order valence-corrected chi connectivity index (χ3v) is 7.93. The second kappa shape index (κ2) is 8.60. The largest absolute Gasteiger partial charge is 0.378 e. The first kappa shape index (κ1) is 20.5. The van der Waals surface area contributed by atoms with Crippen molar-refractivity contribution in [3.05, 3.63) is 59.9 Å². The van der Waals surface area contributed by atoms with Crippen LogP contribution in [0.15, 0.2) is 59.9 Å². The predicted octanol–water partition coefficient (Wildman–Crippen LogP) is 5.64. The molecule has 0 saturated carbocycles. The molecule has 5 nitrogen and oxygen atoms in total. The number of aromatic nitrogens is 2. The number of hydrogen-bond donors (Lipinski definition) is 1. The molecule has 1 saturated heterocycles. The summed E-state index contributed by atoms with van der Waals surface area (Å²) < 4.78 is 7.65. The van der Waals surface area contributed by atoms with Crippen molar-refractivity contribution in [2.45, 2.75) is 26.7 Å². The molecule has 4 heterocycles. The fraction of sp³-hybridized carbons (Fsp3) is 0.400. The molecule has 0 aliphatic carbocycles. The van der Waals surface area contributed by atoms with Gasteiger partial charge in [-0.1, -0.05) is 32.1 Å². The molecule has 0 amide bonds. The Bertz CT molecular complexity index is 1100. The second-order valence-corrected chi connectivity index (χ2v) is 9.80. The Morgan fingerprint density at radius 3 is 2.84 bits per heavy atom. The maximum atomic E-state index is 5.48. The van der Waals surface area contributed by atoms with Crippen molar-refractivity contribution >= 4 is 28.8 Å². The van der Waals surface area contributed by atoms with Crippen LogP contribution in [0.4, 0.5) is 11.4 Å². The van der Waals surface area contributed by atoms with Crippen LogP contribution in [0.1, 0.15) is 26.7 Å². The molecule has 1 unspecified atom stereocenters. The van der Waals surface area contributed by atoms with Crippen LogP contribution in [0.5, 0.6) is 0 Å². The summed E-state index contributed by atoms with van der Waals surface area (Å²) in [5.41, 5.74) is 6.00. The molecule has 0 radical (unpaired) electrons. The topological polar surface area (TPSA) is 41.8 Å². The minimum atomic E-state index is 0.425. The van der Waals surface area contributed by atoms with Crippen molar-refractivity contribution in [1.82, 2.24) is 9.38 Å². The fourth-order valence-corrected chi connectivity index (χ4v) is 5.36. The number of morpholine rings is 1. The van der Waals surface area contributed by atoms with E-state index in [0.717, 1.165) is 55.3 Å². The Morgan fingerprint density at radius 1 is 1.19 bits per heavy atom. The number of hydrogen-bond acceptors (Lipinski definition) is 5. The van der Waals surface area contributed by atoms with E-state index in [9.17, 15) is 0 Å². The molecule has 31 heavy (non-hydrogen) atoms. The van der Waals surface area contributed by atoms with Crippen LogP contribution >= 0.6 is 11.8 Å². The molecular weight excluding hydrogens is 404 g/mol. The average Bonchev–Trinajstić information content (AvgIpc) is 3.25. The van der Waals surface area contributed by atoms with Gasteiger partial charge in [0.25, 0.3) is 0 Å². The molecule has 0 spiro atoms. The van der Waals surface area contributed by atoms with Gasteiger partial charge in [0.2, 0.25) is 0 Å². The highest BCUT2D eigenvalue weighted by Crippen LogP contribution is 2.39. The van der Waals surface area contributed by atoms with Gasteiger partial charge in [-0.2, -0.15) is 0 Å². The zero-order chi connectivity index (χ0) is 21.3. The summed E-state index contributed by atoms with van der Waals surface area (Å²) >= 11 is 1.93. The summed E-state index contributed by atoms with van der Waals surface area (Å²) in [7, 11) is 0. The average molecular weight is 435 g/mol. The summed E-state index contributed by atoms with van der Waals surface area (Å²) in [5, 5.41) is 4.88. The summed E-state index contributed by atoms with van der Waals surface area (Å²) in [6, 6.07) is 13.0. The molecule has 6 heteroatoms.